The molecule has 2 aromatic rings. The van der Waals surface area contributed by atoms with Gasteiger partial charge in [0.25, 0.3) is 5.91 Å². The summed E-state index contributed by atoms with van der Waals surface area (Å²) in [6.07, 6.45) is 0.685. The van der Waals surface area contributed by atoms with Crippen LogP contribution in [-0.4, -0.2) is 58.0 Å². The molecular weight excluding hydrogens is 449 g/mol. The number of anilines is 1. The topological polar surface area (TPSA) is 87.7 Å². The largest absolute Gasteiger partial charge is 0.385 e. The van der Waals surface area contributed by atoms with E-state index in [2.05, 4.69) is 10.6 Å². The molecule has 1 fully saturated rings. The quantitative estimate of drug-likeness (QED) is 0.576. The first-order chi connectivity index (χ1) is 14.4. The number of rotatable bonds is 8. The van der Waals surface area contributed by atoms with E-state index in [0.717, 1.165) is 5.69 Å². The summed E-state index contributed by atoms with van der Waals surface area (Å²) in [5.74, 6) is -0.449. The fourth-order valence-electron chi connectivity index (χ4n) is 3.00. The Labute approximate surface area is 186 Å². The van der Waals surface area contributed by atoms with Gasteiger partial charge in [0.1, 0.15) is 4.90 Å². The normalized spacial score (nSPS) is 15.0. The number of hydrogen-bond acceptors (Lipinski definition) is 5. The van der Waals surface area contributed by atoms with Crippen molar-refractivity contribution in [2.75, 3.05) is 44.7 Å². The molecule has 0 unspecified atom stereocenters. The van der Waals surface area contributed by atoms with Crippen molar-refractivity contribution >= 4 is 44.8 Å². The molecule has 2 N–H and O–H groups in total. The number of morpholine rings is 1. The summed E-state index contributed by atoms with van der Waals surface area (Å²) in [6.45, 7) is 2.18. The maximum Gasteiger partial charge on any atom is 0.252 e. The molecule has 1 saturated heterocycles. The number of nitrogens with one attached hydrogen (secondary N) is 2. The van der Waals surface area contributed by atoms with E-state index >= 15 is 0 Å². The number of hydrogen-bond donors (Lipinski definition) is 2. The highest BCUT2D eigenvalue weighted by atomic mass is 35.5. The number of carbonyl (C=O) groups excluding carboxylic acids is 1. The minimum absolute atomic E-state index is 0.0184. The van der Waals surface area contributed by atoms with Crippen LogP contribution in [0.1, 0.15) is 16.8 Å². The lowest BCUT2D eigenvalue weighted by Gasteiger charge is -2.26. The van der Waals surface area contributed by atoms with Gasteiger partial charge < -0.3 is 15.4 Å². The highest BCUT2D eigenvalue weighted by Gasteiger charge is 2.30. The van der Waals surface area contributed by atoms with E-state index in [0.29, 0.717) is 32.7 Å². The van der Waals surface area contributed by atoms with Crippen molar-refractivity contribution in [1.29, 1.82) is 0 Å². The third-order valence-corrected chi connectivity index (χ3v) is 7.27. The minimum atomic E-state index is -3.85. The fourth-order valence-corrected chi connectivity index (χ4v) is 5.24. The summed E-state index contributed by atoms with van der Waals surface area (Å²) in [6, 6.07) is 12.3. The van der Waals surface area contributed by atoms with E-state index in [1.54, 1.807) is 0 Å². The van der Waals surface area contributed by atoms with Crippen molar-refractivity contribution < 1.29 is 17.9 Å². The van der Waals surface area contributed by atoms with Gasteiger partial charge in [0.05, 0.1) is 28.8 Å². The van der Waals surface area contributed by atoms with Gasteiger partial charge >= 0.3 is 0 Å². The molecule has 0 radical (unpaired) electrons. The highest BCUT2D eigenvalue weighted by Crippen LogP contribution is 2.31. The Morgan fingerprint density at radius 3 is 2.43 bits per heavy atom. The predicted octanol–water partition coefficient (Wildman–Crippen LogP) is 3.25. The Morgan fingerprint density at radius 2 is 1.73 bits per heavy atom. The summed E-state index contributed by atoms with van der Waals surface area (Å²) in [5, 5.41) is 6.10. The van der Waals surface area contributed by atoms with Crippen molar-refractivity contribution in [3.63, 3.8) is 0 Å². The van der Waals surface area contributed by atoms with E-state index in [4.69, 9.17) is 27.9 Å². The van der Waals surface area contributed by atoms with Crippen LogP contribution in [0.15, 0.2) is 47.4 Å². The fraction of sp³-hybridized carbons (Fsp3) is 0.350. The second-order valence-corrected chi connectivity index (χ2v) is 9.40. The predicted molar refractivity (Wildman–Crippen MR) is 118 cm³/mol. The zero-order valence-corrected chi connectivity index (χ0v) is 18.6. The van der Waals surface area contributed by atoms with E-state index in [9.17, 15) is 13.2 Å². The standard InChI is InChI=1S/C20H23Cl2N3O4S/c21-17-14-18(22)19(30(27,28)25-9-11-29-12-10-25)13-16(17)20(26)24-8-4-7-23-15-5-2-1-3-6-15/h1-3,5-6,13-14,23H,4,7-12H2,(H,24,26). The summed E-state index contributed by atoms with van der Waals surface area (Å²) >= 11 is 12.3. The molecule has 0 aliphatic carbocycles. The SMILES string of the molecule is O=C(NCCCNc1ccccc1)c1cc(S(=O)(=O)N2CCOCC2)c(Cl)cc1Cl. The number of halogens is 2. The van der Waals surface area contributed by atoms with Gasteiger partial charge in [0, 0.05) is 31.9 Å². The molecule has 1 aliphatic rings. The average Bonchev–Trinajstić information content (AvgIpc) is 2.74. The maximum atomic E-state index is 12.9. The lowest BCUT2D eigenvalue weighted by atomic mass is 10.2. The second kappa shape index (κ2) is 10.5. The zero-order valence-electron chi connectivity index (χ0n) is 16.2. The highest BCUT2D eigenvalue weighted by molar-refractivity contribution is 7.89. The number of para-hydroxylation sites is 1. The Balaban J connectivity index is 1.63. The number of nitrogens with zero attached hydrogens (tertiary/aromatic N) is 1. The average molecular weight is 472 g/mol. The van der Waals surface area contributed by atoms with Crippen LogP contribution in [-0.2, 0) is 14.8 Å². The van der Waals surface area contributed by atoms with Gasteiger partial charge in [-0.05, 0) is 30.7 Å². The van der Waals surface area contributed by atoms with Crippen molar-refractivity contribution in [1.82, 2.24) is 9.62 Å². The van der Waals surface area contributed by atoms with Crippen molar-refractivity contribution in [2.45, 2.75) is 11.3 Å². The Kier molecular flexibility index (Phi) is 7.96. The summed E-state index contributed by atoms with van der Waals surface area (Å²) < 4.78 is 32.4. The molecule has 7 nitrogen and oxygen atoms in total. The third kappa shape index (κ3) is 5.65. The van der Waals surface area contributed by atoms with Gasteiger partial charge in [-0.2, -0.15) is 4.31 Å². The first-order valence-electron chi connectivity index (χ1n) is 9.53. The summed E-state index contributed by atoms with van der Waals surface area (Å²) in [5.41, 5.74) is 1.08. The van der Waals surface area contributed by atoms with E-state index in [1.807, 2.05) is 30.3 Å². The molecule has 0 bridgehead atoms. The molecule has 0 spiro atoms. The minimum Gasteiger partial charge on any atom is -0.385 e. The van der Waals surface area contributed by atoms with Crippen LogP contribution in [0.5, 0.6) is 0 Å². The van der Waals surface area contributed by atoms with Gasteiger partial charge in [0.15, 0.2) is 0 Å². The van der Waals surface area contributed by atoms with Crippen LogP contribution in [0, 0.1) is 0 Å². The molecule has 0 aromatic heterocycles. The Hall–Kier alpha value is -1.84. The zero-order chi connectivity index (χ0) is 21.6. The smallest absolute Gasteiger partial charge is 0.252 e. The molecule has 30 heavy (non-hydrogen) atoms. The Bertz CT molecular complexity index is 981. The van der Waals surface area contributed by atoms with Gasteiger partial charge in [-0.25, -0.2) is 8.42 Å². The molecule has 0 atom stereocenters. The van der Waals surface area contributed by atoms with Crippen LogP contribution >= 0.6 is 23.2 Å². The number of ether oxygens (including phenoxy) is 1. The van der Waals surface area contributed by atoms with Gasteiger partial charge in [0.2, 0.25) is 10.0 Å². The molecule has 0 saturated carbocycles. The van der Waals surface area contributed by atoms with Crippen LogP contribution < -0.4 is 10.6 Å². The van der Waals surface area contributed by atoms with Crippen LogP contribution in [0.4, 0.5) is 5.69 Å². The molecule has 3 rings (SSSR count). The number of benzene rings is 2. The van der Waals surface area contributed by atoms with Gasteiger partial charge in [-0.3, -0.25) is 4.79 Å². The lowest BCUT2D eigenvalue weighted by molar-refractivity contribution is 0.0730. The Morgan fingerprint density at radius 1 is 1.03 bits per heavy atom. The molecule has 2 aromatic carbocycles. The molecule has 162 valence electrons. The van der Waals surface area contributed by atoms with Crippen LogP contribution in [0.3, 0.4) is 0 Å². The van der Waals surface area contributed by atoms with Crippen molar-refractivity contribution in [3.05, 3.63) is 58.1 Å². The monoisotopic (exact) mass is 471 g/mol. The first-order valence-corrected chi connectivity index (χ1v) is 11.7. The second-order valence-electron chi connectivity index (χ2n) is 6.68. The molecule has 1 aliphatic heterocycles. The number of carbonyl (C=O) groups is 1. The van der Waals surface area contributed by atoms with Gasteiger partial charge in [-0.15, -0.1) is 0 Å². The van der Waals surface area contributed by atoms with Crippen molar-refractivity contribution in [2.24, 2.45) is 0 Å². The van der Waals surface area contributed by atoms with Gasteiger partial charge in [-0.1, -0.05) is 41.4 Å². The van der Waals surface area contributed by atoms with Crippen LogP contribution in [0.25, 0.3) is 0 Å². The maximum absolute atomic E-state index is 12.9. The van der Waals surface area contributed by atoms with E-state index in [-0.39, 0.29) is 33.6 Å². The molecule has 10 heteroatoms. The number of amides is 1. The first kappa shape index (κ1) is 22.8. The molecular formula is C20H23Cl2N3O4S. The molecule has 1 amide bonds. The lowest BCUT2D eigenvalue weighted by Crippen LogP contribution is -2.40. The summed E-state index contributed by atoms with van der Waals surface area (Å²) in [4.78, 5) is 12.4. The summed E-state index contributed by atoms with van der Waals surface area (Å²) in [7, 11) is -3.85. The molecule has 1 heterocycles. The third-order valence-electron chi connectivity index (χ3n) is 4.60. The van der Waals surface area contributed by atoms with E-state index < -0.39 is 15.9 Å². The van der Waals surface area contributed by atoms with Crippen LogP contribution in [0.2, 0.25) is 10.0 Å². The number of sulfonamides is 1. The van der Waals surface area contributed by atoms with Crippen molar-refractivity contribution in [3.8, 4) is 0 Å². The van der Waals surface area contributed by atoms with E-state index in [1.165, 1.54) is 16.4 Å².